The molecular formula is C35H40N4O7. The van der Waals surface area contributed by atoms with Crippen LogP contribution in [0, 0.1) is 0 Å². The standard InChI is InChI=1S/C22H19N3O4.C13H21NO3/c1-24-10-19(26)25-16(22(24)27)9-14-13-4-2-3-5-15(13)23-20(14)21(25)12-6-7-17-18(8-12)29-11-28-17;1-13(2,3)14-7-12(17)9-4-5-11(16)10(6-9)8-15/h2-8,16,21,23H,9-11H2,1H3;4-6,12,14-17H,7-8H2,1-3H3/t16-,21-;12-/m10/s1. The van der Waals surface area contributed by atoms with E-state index in [4.69, 9.17) is 14.6 Å². The van der Waals surface area contributed by atoms with Crippen molar-refractivity contribution in [2.75, 3.05) is 26.9 Å². The molecule has 1 saturated heterocycles. The predicted octanol–water partition coefficient (Wildman–Crippen LogP) is 3.52. The molecule has 11 nitrogen and oxygen atoms in total. The minimum atomic E-state index is -0.653. The first-order valence-corrected chi connectivity index (χ1v) is 15.4. The molecule has 0 radical (unpaired) electrons. The number of hydrogen-bond acceptors (Lipinski definition) is 8. The number of nitrogens with one attached hydrogen (secondary N) is 2. The minimum absolute atomic E-state index is 0.0220. The lowest BCUT2D eigenvalue weighted by Crippen LogP contribution is -2.62. The summed E-state index contributed by atoms with van der Waals surface area (Å²) >= 11 is 0. The van der Waals surface area contributed by atoms with Crippen LogP contribution in [0.2, 0.25) is 0 Å². The molecule has 3 aliphatic rings. The van der Waals surface area contributed by atoms with Gasteiger partial charge >= 0.3 is 0 Å². The molecule has 4 heterocycles. The summed E-state index contributed by atoms with van der Waals surface area (Å²) in [5.74, 6) is 1.33. The Bertz CT molecular complexity index is 1780. The highest BCUT2D eigenvalue weighted by Crippen LogP contribution is 2.44. The van der Waals surface area contributed by atoms with Crippen molar-refractivity contribution < 1.29 is 34.4 Å². The van der Waals surface area contributed by atoms with Crippen LogP contribution >= 0.6 is 0 Å². The number of hydrogen-bond donors (Lipinski definition) is 5. The van der Waals surface area contributed by atoms with Gasteiger partial charge in [0.2, 0.25) is 18.6 Å². The summed E-state index contributed by atoms with van der Waals surface area (Å²) in [7, 11) is 1.69. The molecule has 0 aliphatic carbocycles. The summed E-state index contributed by atoms with van der Waals surface area (Å²) in [6.45, 7) is 6.54. The Morgan fingerprint density at radius 1 is 1.04 bits per heavy atom. The highest BCUT2D eigenvalue weighted by atomic mass is 16.7. The molecule has 0 bridgehead atoms. The van der Waals surface area contributed by atoms with Gasteiger partial charge in [-0.1, -0.05) is 30.3 Å². The summed E-state index contributed by atoms with van der Waals surface area (Å²) in [6, 6.07) is 17.7. The molecule has 2 amide bonds. The van der Waals surface area contributed by atoms with Crippen LogP contribution in [0.4, 0.5) is 0 Å². The maximum absolute atomic E-state index is 13.1. The fourth-order valence-corrected chi connectivity index (χ4v) is 6.30. The van der Waals surface area contributed by atoms with E-state index < -0.39 is 12.1 Å². The number of ether oxygens (including phenoxy) is 2. The fraction of sp³-hybridized carbons (Fsp3) is 0.371. The lowest BCUT2D eigenvalue weighted by molar-refractivity contribution is -0.157. The highest BCUT2D eigenvalue weighted by Gasteiger charge is 2.47. The monoisotopic (exact) mass is 628 g/mol. The van der Waals surface area contributed by atoms with Crippen LogP contribution in [0.5, 0.6) is 17.2 Å². The molecule has 46 heavy (non-hydrogen) atoms. The van der Waals surface area contributed by atoms with E-state index in [0.717, 1.165) is 27.7 Å². The minimum Gasteiger partial charge on any atom is -0.508 e. The normalized spacial score (nSPS) is 19.4. The van der Waals surface area contributed by atoms with Gasteiger partial charge in [0.05, 0.1) is 25.3 Å². The van der Waals surface area contributed by atoms with Crippen LogP contribution in [0.3, 0.4) is 0 Å². The molecule has 242 valence electrons. The number of aliphatic hydroxyl groups is 2. The maximum Gasteiger partial charge on any atom is 0.245 e. The molecule has 5 N–H and O–H groups in total. The predicted molar refractivity (Wildman–Crippen MR) is 171 cm³/mol. The summed E-state index contributed by atoms with van der Waals surface area (Å²) in [6.07, 6.45) is -0.143. The second-order valence-electron chi connectivity index (χ2n) is 13.0. The van der Waals surface area contributed by atoms with Gasteiger partial charge in [-0.3, -0.25) is 9.59 Å². The Kier molecular flexibility index (Phi) is 8.41. The third-order valence-electron chi connectivity index (χ3n) is 8.65. The number of aromatic nitrogens is 1. The quantitative estimate of drug-likeness (QED) is 0.226. The molecule has 7 rings (SSSR count). The molecule has 11 heteroatoms. The van der Waals surface area contributed by atoms with Crippen molar-refractivity contribution in [3.05, 3.63) is 88.6 Å². The number of fused-ring (bicyclic) bond motifs is 5. The summed E-state index contributed by atoms with van der Waals surface area (Å²) in [5, 5.41) is 32.7. The number of carbonyl (C=O) groups is 2. The van der Waals surface area contributed by atoms with E-state index in [1.54, 1.807) is 24.1 Å². The third-order valence-corrected chi connectivity index (χ3v) is 8.65. The number of phenols is 1. The number of aliphatic hydroxyl groups excluding tert-OH is 2. The van der Waals surface area contributed by atoms with Crippen LogP contribution in [-0.4, -0.2) is 80.4 Å². The molecule has 3 aliphatic heterocycles. The van der Waals surface area contributed by atoms with Gasteiger partial charge in [0.1, 0.15) is 11.8 Å². The number of amides is 2. The zero-order valence-electron chi connectivity index (χ0n) is 26.4. The number of benzene rings is 3. The van der Waals surface area contributed by atoms with Gasteiger partial charge in [-0.05, 0) is 67.8 Å². The summed E-state index contributed by atoms with van der Waals surface area (Å²) in [4.78, 5) is 32.9. The Morgan fingerprint density at radius 3 is 2.57 bits per heavy atom. The third kappa shape index (κ3) is 6.01. The van der Waals surface area contributed by atoms with Crippen LogP contribution in [0.1, 0.15) is 60.9 Å². The number of nitrogens with zero attached hydrogens (tertiary/aromatic N) is 2. The van der Waals surface area contributed by atoms with Gasteiger partial charge < -0.3 is 44.9 Å². The second kappa shape index (κ2) is 12.3. The maximum atomic E-state index is 13.1. The van der Waals surface area contributed by atoms with E-state index in [9.17, 15) is 19.8 Å². The number of β-amino-alcohol motifs (C(OH)–C–C–N with tert-alkyl or cyclic N) is 1. The number of likely N-dealkylation sites (N-methyl/N-ethyl adjacent to an activating group) is 1. The molecule has 1 fully saturated rings. The molecule has 1 aromatic heterocycles. The Morgan fingerprint density at radius 2 is 1.80 bits per heavy atom. The van der Waals surface area contributed by atoms with Crippen molar-refractivity contribution in [3.8, 4) is 17.2 Å². The zero-order valence-corrected chi connectivity index (χ0v) is 26.4. The van der Waals surface area contributed by atoms with Crippen molar-refractivity contribution >= 4 is 22.7 Å². The average molecular weight is 629 g/mol. The van der Waals surface area contributed by atoms with Gasteiger partial charge in [0, 0.05) is 47.7 Å². The van der Waals surface area contributed by atoms with E-state index in [1.807, 2.05) is 57.2 Å². The summed E-state index contributed by atoms with van der Waals surface area (Å²) < 4.78 is 11.0. The zero-order chi connectivity index (χ0) is 32.7. The first-order chi connectivity index (χ1) is 21.9. The number of aromatic hydroxyl groups is 1. The average Bonchev–Trinajstić information content (AvgIpc) is 3.66. The van der Waals surface area contributed by atoms with Gasteiger partial charge in [-0.15, -0.1) is 0 Å². The molecule has 3 atom stereocenters. The molecular weight excluding hydrogens is 588 g/mol. The largest absolute Gasteiger partial charge is 0.508 e. The number of carbonyl (C=O) groups excluding carboxylic acids is 2. The second-order valence-corrected chi connectivity index (χ2v) is 13.0. The molecule has 4 aromatic rings. The Balaban J connectivity index is 0.000000188. The Hall–Kier alpha value is -4.58. The number of rotatable bonds is 5. The smallest absolute Gasteiger partial charge is 0.245 e. The van der Waals surface area contributed by atoms with Crippen LogP contribution in [-0.2, 0) is 22.6 Å². The first-order valence-electron chi connectivity index (χ1n) is 15.4. The van der Waals surface area contributed by atoms with Crippen molar-refractivity contribution in [1.29, 1.82) is 0 Å². The molecule has 0 spiro atoms. The first kappa shape index (κ1) is 31.4. The number of para-hydroxylation sites is 1. The van der Waals surface area contributed by atoms with Crippen LogP contribution < -0.4 is 14.8 Å². The van der Waals surface area contributed by atoms with Crippen molar-refractivity contribution in [3.63, 3.8) is 0 Å². The topological polar surface area (TPSA) is 148 Å². The van der Waals surface area contributed by atoms with Crippen molar-refractivity contribution in [2.24, 2.45) is 0 Å². The SMILES string of the molecule is CC(C)(C)NC[C@H](O)c1ccc(O)c(CO)c1.CN1CC(=O)N2[C@H](c3ccc4c(c3)OCO4)c3[nH]c4ccccc4c3C[C@@H]2C1=O. The number of H-pyrrole nitrogens is 1. The molecule has 3 aromatic carbocycles. The van der Waals surface area contributed by atoms with Crippen molar-refractivity contribution in [1.82, 2.24) is 20.1 Å². The van der Waals surface area contributed by atoms with Gasteiger partial charge in [0.15, 0.2) is 11.5 Å². The lowest BCUT2D eigenvalue weighted by atomic mass is 9.86. The highest BCUT2D eigenvalue weighted by molar-refractivity contribution is 5.97. The van der Waals surface area contributed by atoms with Gasteiger partial charge in [-0.2, -0.15) is 0 Å². The molecule has 0 saturated carbocycles. The van der Waals surface area contributed by atoms with E-state index in [2.05, 4.69) is 16.4 Å². The summed E-state index contributed by atoms with van der Waals surface area (Å²) in [5.41, 5.74) is 5.03. The van der Waals surface area contributed by atoms with Gasteiger partial charge in [0.25, 0.3) is 0 Å². The van der Waals surface area contributed by atoms with E-state index in [0.29, 0.717) is 35.6 Å². The Labute approximate surface area is 267 Å². The number of piperazine rings is 1. The van der Waals surface area contributed by atoms with E-state index >= 15 is 0 Å². The lowest BCUT2D eigenvalue weighted by Gasteiger charge is -2.46. The number of aromatic amines is 1. The van der Waals surface area contributed by atoms with Crippen LogP contribution in [0.15, 0.2) is 60.7 Å². The van der Waals surface area contributed by atoms with Crippen LogP contribution in [0.25, 0.3) is 10.9 Å². The van der Waals surface area contributed by atoms with Gasteiger partial charge in [-0.25, -0.2) is 0 Å². The molecule has 0 unspecified atom stereocenters. The van der Waals surface area contributed by atoms with Crippen molar-refractivity contribution in [2.45, 2.75) is 57.5 Å². The van der Waals surface area contributed by atoms with E-state index in [-0.39, 0.29) is 49.1 Å². The van der Waals surface area contributed by atoms with E-state index in [1.165, 1.54) is 11.0 Å². The fourth-order valence-electron chi connectivity index (χ4n) is 6.30.